The first kappa shape index (κ1) is 24.1. The summed E-state index contributed by atoms with van der Waals surface area (Å²) in [6, 6.07) is 8.18. The summed E-state index contributed by atoms with van der Waals surface area (Å²) >= 11 is 1.48. The first-order valence-corrected chi connectivity index (χ1v) is 12.1. The van der Waals surface area contributed by atoms with E-state index in [9.17, 15) is 9.59 Å². The molecule has 0 bridgehead atoms. The van der Waals surface area contributed by atoms with Crippen LogP contribution in [0.3, 0.4) is 0 Å². The molecule has 4 aromatic heterocycles. The van der Waals surface area contributed by atoms with Crippen molar-refractivity contribution < 1.29 is 14.0 Å². The van der Waals surface area contributed by atoms with Crippen LogP contribution in [-0.4, -0.2) is 60.1 Å². The molecule has 0 aliphatic rings. The Kier molecular flexibility index (Phi) is 6.91. The molecular formula is C23H22N10O3S. The quantitative estimate of drug-likeness (QED) is 0.245. The summed E-state index contributed by atoms with van der Waals surface area (Å²) in [5.74, 6) is 0.333. The van der Waals surface area contributed by atoms with E-state index in [1.165, 1.54) is 29.3 Å². The van der Waals surface area contributed by atoms with E-state index in [0.29, 0.717) is 47.2 Å². The second-order valence-corrected chi connectivity index (χ2v) is 8.89. The Morgan fingerprint density at radius 3 is 2.78 bits per heavy atom. The Morgan fingerprint density at radius 2 is 2.03 bits per heavy atom. The van der Waals surface area contributed by atoms with Gasteiger partial charge in [0.2, 0.25) is 11.8 Å². The molecule has 2 amide bonds. The van der Waals surface area contributed by atoms with Gasteiger partial charge in [0, 0.05) is 49.0 Å². The van der Waals surface area contributed by atoms with Crippen LogP contribution in [0, 0.1) is 0 Å². The fraction of sp³-hybridized carbons (Fsp3) is 0.217. The lowest BCUT2D eigenvalue weighted by molar-refractivity contribution is -0.114. The lowest BCUT2D eigenvalue weighted by Crippen LogP contribution is -2.34. The van der Waals surface area contributed by atoms with Crippen molar-refractivity contribution in [3.8, 4) is 11.5 Å². The van der Waals surface area contributed by atoms with Crippen LogP contribution in [-0.2, 0) is 11.8 Å². The van der Waals surface area contributed by atoms with E-state index >= 15 is 0 Å². The Bertz CT molecular complexity index is 1550. The number of carbonyl (C=O) groups is 2. The number of anilines is 1. The van der Waals surface area contributed by atoms with Crippen molar-refractivity contribution in [2.24, 2.45) is 7.05 Å². The Balaban J connectivity index is 1.22. The minimum Gasteiger partial charge on any atom is -0.436 e. The summed E-state index contributed by atoms with van der Waals surface area (Å²) in [5, 5.41) is 23.8. The van der Waals surface area contributed by atoms with Crippen LogP contribution in [0.15, 0.2) is 52.5 Å². The largest absolute Gasteiger partial charge is 0.436 e. The van der Waals surface area contributed by atoms with Gasteiger partial charge in [0.1, 0.15) is 22.3 Å². The normalized spacial score (nSPS) is 11.9. The van der Waals surface area contributed by atoms with Crippen molar-refractivity contribution in [3.05, 3.63) is 64.6 Å². The number of aromatic nitrogens is 7. The van der Waals surface area contributed by atoms with Gasteiger partial charge in [0.05, 0.1) is 7.05 Å². The number of fused-ring (bicyclic) bond motifs is 1. The molecule has 0 fully saturated rings. The Labute approximate surface area is 214 Å². The lowest BCUT2D eigenvalue weighted by Gasteiger charge is -2.13. The van der Waals surface area contributed by atoms with Gasteiger partial charge in [0.15, 0.2) is 11.4 Å². The van der Waals surface area contributed by atoms with E-state index < -0.39 is 0 Å². The number of amides is 2. The highest BCUT2D eigenvalue weighted by Crippen LogP contribution is 2.26. The molecule has 0 aliphatic carbocycles. The molecule has 4 heterocycles. The standard InChI is InChI=1S/C23H22N10O3S/c1-13(34)28-15-3-4-18-16(12-15)29-22(36-18)14-5-6-24-17(11-14)21(35)26-8-7-25-19(23-27-9-10-37-23)20-30-32-33(2)31-20/h3-6,9-12,19,25H,7-8H2,1-2H3,(H,26,35)(H,28,34). The predicted molar refractivity (Wildman–Crippen MR) is 135 cm³/mol. The van der Waals surface area contributed by atoms with Gasteiger partial charge >= 0.3 is 0 Å². The average Bonchev–Trinajstić information content (AvgIpc) is 3.65. The third-order valence-corrected chi connectivity index (χ3v) is 6.03. The second-order valence-electron chi connectivity index (χ2n) is 7.96. The highest BCUT2D eigenvalue weighted by molar-refractivity contribution is 7.09. The number of rotatable bonds is 9. The maximum absolute atomic E-state index is 12.8. The van der Waals surface area contributed by atoms with Crippen molar-refractivity contribution in [1.82, 2.24) is 45.8 Å². The molecule has 188 valence electrons. The SMILES string of the molecule is CC(=O)Nc1ccc2oc(-c3ccnc(C(=O)NCCNC(c4nnn(C)n4)c4nccs4)c3)nc2c1. The predicted octanol–water partition coefficient (Wildman–Crippen LogP) is 1.94. The van der Waals surface area contributed by atoms with Gasteiger partial charge in [-0.2, -0.15) is 4.80 Å². The highest BCUT2D eigenvalue weighted by atomic mass is 32.1. The van der Waals surface area contributed by atoms with Gasteiger partial charge in [-0.05, 0) is 35.5 Å². The summed E-state index contributed by atoms with van der Waals surface area (Å²) in [6.07, 6.45) is 3.24. The van der Waals surface area contributed by atoms with Gasteiger partial charge < -0.3 is 15.1 Å². The zero-order valence-electron chi connectivity index (χ0n) is 19.9. The molecule has 14 heteroatoms. The monoisotopic (exact) mass is 518 g/mol. The van der Waals surface area contributed by atoms with E-state index in [4.69, 9.17) is 4.42 Å². The minimum atomic E-state index is -0.337. The molecule has 3 N–H and O–H groups in total. The smallest absolute Gasteiger partial charge is 0.269 e. The molecule has 0 saturated carbocycles. The van der Waals surface area contributed by atoms with Gasteiger partial charge in [-0.25, -0.2) is 9.97 Å². The maximum Gasteiger partial charge on any atom is 0.269 e. The zero-order valence-corrected chi connectivity index (χ0v) is 20.7. The van der Waals surface area contributed by atoms with Crippen LogP contribution >= 0.6 is 11.3 Å². The van der Waals surface area contributed by atoms with E-state index in [0.717, 1.165) is 5.01 Å². The van der Waals surface area contributed by atoms with Crippen LogP contribution in [0.1, 0.15) is 34.3 Å². The number of nitrogens with one attached hydrogen (secondary N) is 3. The highest BCUT2D eigenvalue weighted by Gasteiger charge is 2.21. The van der Waals surface area contributed by atoms with Crippen molar-refractivity contribution in [1.29, 1.82) is 0 Å². The number of hydrogen-bond donors (Lipinski definition) is 3. The van der Waals surface area contributed by atoms with Gasteiger partial charge in [0.25, 0.3) is 5.91 Å². The molecule has 0 spiro atoms. The van der Waals surface area contributed by atoms with E-state index in [-0.39, 0.29) is 23.6 Å². The molecule has 0 aliphatic heterocycles. The fourth-order valence-electron chi connectivity index (χ4n) is 3.58. The van der Waals surface area contributed by atoms with Gasteiger partial charge in [-0.1, -0.05) is 0 Å². The molecule has 13 nitrogen and oxygen atoms in total. The topological polar surface area (TPSA) is 166 Å². The molecular weight excluding hydrogens is 496 g/mol. The molecule has 0 saturated heterocycles. The molecule has 1 atom stereocenters. The molecule has 1 unspecified atom stereocenters. The van der Waals surface area contributed by atoms with E-state index in [1.807, 2.05) is 5.38 Å². The number of oxazole rings is 1. The van der Waals surface area contributed by atoms with E-state index in [2.05, 4.69) is 46.3 Å². The first-order valence-electron chi connectivity index (χ1n) is 11.3. The summed E-state index contributed by atoms with van der Waals surface area (Å²) in [6.45, 7) is 2.21. The van der Waals surface area contributed by atoms with Gasteiger partial charge in [-0.15, -0.1) is 21.5 Å². The van der Waals surface area contributed by atoms with Crippen molar-refractivity contribution in [2.75, 3.05) is 18.4 Å². The van der Waals surface area contributed by atoms with Crippen molar-refractivity contribution >= 4 is 39.9 Å². The molecule has 5 aromatic rings. The van der Waals surface area contributed by atoms with Crippen LogP contribution in [0.5, 0.6) is 0 Å². The van der Waals surface area contributed by atoms with Crippen LogP contribution in [0.25, 0.3) is 22.6 Å². The molecule has 1 aromatic carbocycles. The van der Waals surface area contributed by atoms with Crippen LogP contribution in [0.2, 0.25) is 0 Å². The summed E-state index contributed by atoms with van der Waals surface area (Å²) < 4.78 is 5.84. The average molecular weight is 519 g/mol. The Hall–Kier alpha value is -4.56. The number of benzene rings is 1. The Morgan fingerprint density at radius 1 is 1.14 bits per heavy atom. The van der Waals surface area contributed by atoms with Crippen molar-refractivity contribution in [2.45, 2.75) is 13.0 Å². The van der Waals surface area contributed by atoms with Crippen LogP contribution < -0.4 is 16.0 Å². The maximum atomic E-state index is 12.8. The third-order valence-electron chi connectivity index (χ3n) is 5.19. The van der Waals surface area contributed by atoms with Crippen LogP contribution in [0.4, 0.5) is 5.69 Å². The number of hydrogen-bond acceptors (Lipinski definition) is 11. The first-order chi connectivity index (χ1) is 18.0. The number of pyridine rings is 1. The zero-order chi connectivity index (χ0) is 25.8. The molecule has 37 heavy (non-hydrogen) atoms. The minimum absolute atomic E-state index is 0.174. The fourth-order valence-corrected chi connectivity index (χ4v) is 4.29. The van der Waals surface area contributed by atoms with Gasteiger partial charge in [-0.3, -0.25) is 19.9 Å². The lowest BCUT2D eigenvalue weighted by atomic mass is 10.2. The summed E-state index contributed by atoms with van der Waals surface area (Å²) in [5.41, 5.74) is 2.60. The van der Waals surface area contributed by atoms with Crippen molar-refractivity contribution in [3.63, 3.8) is 0 Å². The molecule has 0 radical (unpaired) electrons. The van der Waals surface area contributed by atoms with E-state index in [1.54, 1.807) is 43.6 Å². The third kappa shape index (κ3) is 5.65. The number of thiazole rings is 1. The second kappa shape index (κ2) is 10.6. The summed E-state index contributed by atoms with van der Waals surface area (Å²) in [4.78, 5) is 38.5. The number of tetrazole rings is 1. The number of aryl methyl sites for hydroxylation is 1. The molecule has 5 rings (SSSR count). The number of carbonyl (C=O) groups excluding carboxylic acids is 2. The summed E-state index contributed by atoms with van der Waals surface area (Å²) in [7, 11) is 1.70. The number of nitrogens with zero attached hydrogens (tertiary/aromatic N) is 7.